The van der Waals surface area contributed by atoms with Crippen molar-refractivity contribution in [2.45, 2.75) is 24.3 Å². The van der Waals surface area contributed by atoms with Gasteiger partial charge in [0.1, 0.15) is 17.4 Å². The van der Waals surface area contributed by atoms with Crippen LogP contribution in [-0.4, -0.2) is 36.8 Å². The van der Waals surface area contributed by atoms with Gasteiger partial charge in [0.2, 0.25) is 10.0 Å². The highest BCUT2D eigenvalue weighted by atomic mass is 32.2. The Hall–Kier alpha value is -2.62. The van der Waals surface area contributed by atoms with E-state index < -0.39 is 16.0 Å². The molecule has 0 aliphatic carbocycles. The van der Waals surface area contributed by atoms with Crippen LogP contribution < -0.4 is 0 Å². The molecule has 1 saturated heterocycles. The number of ether oxygens (including phenoxy) is 1. The number of aromatic nitrogens is 1. The first-order chi connectivity index (χ1) is 14.4. The monoisotopic (exact) mass is 446 g/mol. The maximum Gasteiger partial charge on any atom is 0.338 e. The quantitative estimate of drug-likeness (QED) is 0.533. The number of nitrogens with zero attached hydrogens (tertiary/aromatic N) is 2. The van der Waals surface area contributed by atoms with E-state index in [0.29, 0.717) is 23.8 Å². The Morgan fingerprint density at radius 2 is 1.87 bits per heavy atom. The van der Waals surface area contributed by atoms with Crippen LogP contribution in [0.3, 0.4) is 0 Å². The second-order valence-electron chi connectivity index (χ2n) is 6.87. The average Bonchev–Trinajstić information content (AvgIpc) is 3.45. The maximum atomic E-state index is 13.1. The number of carbonyl (C=O) groups excluding carboxylic acids is 1. The third-order valence-corrected chi connectivity index (χ3v) is 7.60. The summed E-state index contributed by atoms with van der Waals surface area (Å²) in [5.74, 6) is -0.941. The van der Waals surface area contributed by atoms with Gasteiger partial charge in [-0.05, 0) is 55.3 Å². The molecule has 156 valence electrons. The second-order valence-corrected chi connectivity index (χ2v) is 9.66. The maximum absolute atomic E-state index is 13.1. The molecule has 2 aromatic carbocycles. The molecule has 1 aliphatic rings. The molecule has 1 fully saturated rings. The molecule has 3 aromatic rings. The predicted molar refractivity (Wildman–Crippen MR) is 111 cm³/mol. The molecular formula is C21H19FN2O4S2. The van der Waals surface area contributed by atoms with Crippen LogP contribution in [0.2, 0.25) is 0 Å². The molecule has 30 heavy (non-hydrogen) atoms. The summed E-state index contributed by atoms with van der Waals surface area (Å²) >= 11 is 1.37. The van der Waals surface area contributed by atoms with Gasteiger partial charge in [-0.3, -0.25) is 0 Å². The molecule has 0 N–H and O–H groups in total. The van der Waals surface area contributed by atoms with Crippen molar-refractivity contribution < 1.29 is 22.3 Å². The van der Waals surface area contributed by atoms with E-state index >= 15 is 0 Å². The van der Waals surface area contributed by atoms with Crippen LogP contribution >= 0.6 is 11.3 Å². The van der Waals surface area contributed by atoms with Gasteiger partial charge in [0, 0.05) is 24.0 Å². The van der Waals surface area contributed by atoms with Gasteiger partial charge in [0.15, 0.2) is 0 Å². The van der Waals surface area contributed by atoms with Crippen LogP contribution in [0, 0.1) is 5.82 Å². The number of sulfonamides is 1. The zero-order chi connectivity index (χ0) is 21.1. The van der Waals surface area contributed by atoms with Crippen molar-refractivity contribution in [3.8, 4) is 10.6 Å². The lowest BCUT2D eigenvalue weighted by atomic mass is 10.2. The van der Waals surface area contributed by atoms with Crippen molar-refractivity contribution >= 4 is 27.3 Å². The predicted octanol–water partition coefficient (Wildman–Crippen LogP) is 4.09. The third-order valence-electron chi connectivity index (χ3n) is 4.77. The van der Waals surface area contributed by atoms with Crippen molar-refractivity contribution in [1.82, 2.24) is 9.29 Å². The average molecular weight is 447 g/mol. The normalized spacial score (nSPS) is 14.7. The number of hydrogen-bond donors (Lipinski definition) is 0. The van der Waals surface area contributed by atoms with Crippen molar-refractivity contribution in [3.63, 3.8) is 0 Å². The van der Waals surface area contributed by atoms with E-state index in [-0.39, 0.29) is 22.9 Å². The van der Waals surface area contributed by atoms with Crippen LogP contribution in [0.15, 0.2) is 58.8 Å². The van der Waals surface area contributed by atoms with E-state index in [1.54, 1.807) is 17.5 Å². The van der Waals surface area contributed by atoms with Gasteiger partial charge in [0.25, 0.3) is 0 Å². The van der Waals surface area contributed by atoms with Crippen LogP contribution in [0.5, 0.6) is 0 Å². The van der Waals surface area contributed by atoms with Crippen LogP contribution in [0.4, 0.5) is 4.39 Å². The van der Waals surface area contributed by atoms with Crippen molar-refractivity contribution in [2.75, 3.05) is 13.1 Å². The first-order valence-corrected chi connectivity index (χ1v) is 11.7. The van der Waals surface area contributed by atoms with E-state index in [1.807, 2.05) is 0 Å². The largest absolute Gasteiger partial charge is 0.456 e. The van der Waals surface area contributed by atoms with Crippen molar-refractivity contribution in [1.29, 1.82) is 0 Å². The molecule has 0 atom stereocenters. The number of hydrogen-bond acceptors (Lipinski definition) is 6. The van der Waals surface area contributed by atoms with E-state index in [0.717, 1.165) is 18.4 Å². The molecule has 0 unspecified atom stereocenters. The Labute approximate surface area is 178 Å². The van der Waals surface area contributed by atoms with Crippen LogP contribution in [0.25, 0.3) is 10.6 Å². The summed E-state index contributed by atoms with van der Waals surface area (Å²) < 4.78 is 45.2. The first-order valence-electron chi connectivity index (χ1n) is 9.41. The lowest BCUT2D eigenvalue weighted by Crippen LogP contribution is -2.28. The van der Waals surface area contributed by atoms with Gasteiger partial charge in [-0.25, -0.2) is 22.6 Å². The van der Waals surface area contributed by atoms with Gasteiger partial charge in [-0.1, -0.05) is 6.07 Å². The van der Waals surface area contributed by atoms with Gasteiger partial charge >= 0.3 is 5.97 Å². The second kappa shape index (κ2) is 8.63. The molecule has 1 aromatic heterocycles. The SMILES string of the molecule is O=C(OCc1csc(-c2ccc(F)cc2)n1)c1cccc(S(=O)(=O)N2CCCC2)c1. The van der Waals surface area contributed by atoms with Gasteiger partial charge < -0.3 is 4.74 Å². The highest BCUT2D eigenvalue weighted by Crippen LogP contribution is 2.25. The van der Waals surface area contributed by atoms with Crippen LogP contribution in [-0.2, 0) is 21.4 Å². The Bertz CT molecular complexity index is 1150. The summed E-state index contributed by atoms with van der Waals surface area (Å²) in [6.45, 7) is 0.952. The van der Waals surface area contributed by atoms with E-state index in [2.05, 4.69) is 4.98 Å². The zero-order valence-electron chi connectivity index (χ0n) is 16.0. The van der Waals surface area contributed by atoms with Crippen molar-refractivity contribution in [2.24, 2.45) is 0 Å². The summed E-state index contributed by atoms with van der Waals surface area (Å²) in [5, 5.41) is 2.46. The summed E-state index contributed by atoms with van der Waals surface area (Å²) in [7, 11) is -3.60. The molecule has 1 aliphatic heterocycles. The Morgan fingerprint density at radius 1 is 1.13 bits per heavy atom. The summed E-state index contributed by atoms with van der Waals surface area (Å²) in [5.41, 5.74) is 1.51. The highest BCUT2D eigenvalue weighted by molar-refractivity contribution is 7.89. The molecule has 0 bridgehead atoms. The summed E-state index contributed by atoms with van der Waals surface area (Å²) in [4.78, 5) is 16.9. The lowest BCUT2D eigenvalue weighted by molar-refractivity contribution is 0.0468. The minimum atomic E-state index is -3.60. The molecular weight excluding hydrogens is 427 g/mol. The number of carbonyl (C=O) groups is 1. The number of thiazole rings is 1. The van der Waals surface area contributed by atoms with Crippen molar-refractivity contribution in [3.05, 3.63) is 71.0 Å². The fourth-order valence-electron chi connectivity index (χ4n) is 3.18. The smallest absolute Gasteiger partial charge is 0.338 e. The highest BCUT2D eigenvalue weighted by Gasteiger charge is 2.27. The standard InChI is InChI=1S/C21H19FN2O4S2/c22-17-8-6-15(7-9-17)20-23-18(14-29-20)13-28-21(25)16-4-3-5-19(12-16)30(26,27)24-10-1-2-11-24/h3-9,12,14H,1-2,10-11,13H2. The van der Waals surface area contributed by atoms with Gasteiger partial charge in [-0.15, -0.1) is 11.3 Å². The molecule has 9 heteroatoms. The zero-order valence-corrected chi connectivity index (χ0v) is 17.6. The third kappa shape index (κ3) is 4.43. The summed E-state index contributed by atoms with van der Waals surface area (Å²) in [6, 6.07) is 11.9. The minimum absolute atomic E-state index is 0.0420. The number of esters is 1. The van der Waals surface area contributed by atoms with E-state index in [1.165, 1.54) is 52.0 Å². The van der Waals surface area contributed by atoms with Gasteiger partial charge in [-0.2, -0.15) is 4.31 Å². The molecule has 4 rings (SSSR count). The van der Waals surface area contributed by atoms with E-state index in [9.17, 15) is 17.6 Å². The first kappa shape index (κ1) is 20.6. The Morgan fingerprint density at radius 3 is 2.60 bits per heavy atom. The number of rotatable bonds is 6. The number of halogens is 1. The molecule has 0 saturated carbocycles. The summed E-state index contributed by atoms with van der Waals surface area (Å²) in [6.07, 6.45) is 1.68. The molecule has 2 heterocycles. The Kier molecular flexibility index (Phi) is 5.94. The van der Waals surface area contributed by atoms with E-state index in [4.69, 9.17) is 4.74 Å². The fourth-order valence-corrected chi connectivity index (χ4v) is 5.56. The molecule has 0 radical (unpaired) electrons. The fraction of sp³-hybridized carbons (Fsp3) is 0.238. The molecule has 0 amide bonds. The molecule has 6 nitrogen and oxygen atoms in total. The van der Waals surface area contributed by atoms with Gasteiger partial charge in [0.05, 0.1) is 16.2 Å². The lowest BCUT2D eigenvalue weighted by Gasteiger charge is -2.15. The Balaban J connectivity index is 1.43. The van der Waals surface area contributed by atoms with Crippen LogP contribution in [0.1, 0.15) is 28.9 Å². The minimum Gasteiger partial charge on any atom is -0.456 e. The number of benzene rings is 2. The topological polar surface area (TPSA) is 76.6 Å². The molecule has 0 spiro atoms.